The summed E-state index contributed by atoms with van der Waals surface area (Å²) in [5, 5.41) is 11.6. The molecule has 0 saturated carbocycles. The van der Waals surface area contributed by atoms with Gasteiger partial charge >= 0.3 is 0 Å². The minimum absolute atomic E-state index is 0.126. The summed E-state index contributed by atoms with van der Waals surface area (Å²) in [6, 6.07) is 0. The third-order valence-electron chi connectivity index (χ3n) is 1.34. The van der Waals surface area contributed by atoms with Crippen LogP contribution >= 0.6 is 0 Å². The molecule has 0 aromatic carbocycles. The van der Waals surface area contributed by atoms with Gasteiger partial charge in [-0.05, 0) is 6.42 Å². The van der Waals surface area contributed by atoms with Crippen LogP contribution in [0.5, 0.6) is 0 Å². The molecule has 0 bridgehead atoms. The number of hydrogen-bond donors (Lipinski definition) is 2. The monoisotopic (exact) mass is 157 g/mol. The van der Waals surface area contributed by atoms with Crippen LogP contribution in [0.1, 0.15) is 19.8 Å². The van der Waals surface area contributed by atoms with Crippen LogP contribution in [0.15, 0.2) is 12.7 Å². The van der Waals surface area contributed by atoms with Crippen molar-refractivity contribution in [2.75, 3.05) is 6.54 Å². The van der Waals surface area contributed by atoms with E-state index in [0.29, 0.717) is 13.0 Å². The summed E-state index contributed by atoms with van der Waals surface area (Å²) < 4.78 is 0. The van der Waals surface area contributed by atoms with Crippen LogP contribution in [0.25, 0.3) is 0 Å². The van der Waals surface area contributed by atoms with Gasteiger partial charge in [-0.2, -0.15) is 0 Å². The maximum atomic E-state index is 10.9. The molecule has 0 spiro atoms. The summed E-state index contributed by atoms with van der Waals surface area (Å²) in [6.07, 6.45) is 1.89. The molecule has 1 atom stereocenters. The van der Waals surface area contributed by atoms with Crippen molar-refractivity contribution in [1.29, 1.82) is 0 Å². The van der Waals surface area contributed by atoms with Crippen molar-refractivity contribution in [3.63, 3.8) is 0 Å². The first kappa shape index (κ1) is 10.2. The number of rotatable bonds is 5. The van der Waals surface area contributed by atoms with E-state index in [2.05, 4.69) is 11.9 Å². The Morgan fingerprint density at radius 2 is 2.45 bits per heavy atom. The highest BCUT2D eigenvalue weighted by Gasteiger charge is 2.06. The lowest BCUT2D eigenvalue weighted by molar-refractivity contribution is -0.122. The van der Waals surface area contributed by atoms with E-state index in [4.69, 9.17) is 5.11 Å². The summed E-state index contributed by atoms with van der Waals surface area (Å²) in [5.74, 6) is -0.126. The van der Waals surface area contributed by atoms with Crippen LogP contribution in [0.4, 0.5) is 0 Å². The number of carbonyl (C=O) groups is 1. The quantitative estimate of drug-likeness (QED) is 0.569. The van der Waals surface area contributed by atoms with Gasteiger partial charge in [-0.3, -0.25) is 4.79 Å². The molecular formula is C8H15NO2. The highest BCUT2D eigenvalue weighted by Crippen LogP contribution is 1.95. The van der Waals surface area contributed by atoms with E-state index in [-0.39, 0.29) is 12.3 Å². The molecule has 0 fully saturated rings. The van der Waals surface area contributed by atoms with E-state index in [1.165, 1.54) is 0 Å². The molecule has 2 N–H and O–H groups in total. The molecule has 0 saturated heterocycles. The van der Waals surface area contributed by atoms with Crippen molar-refractivity contribution in [1.82, 2.24) is 5.32 Å². The van der Waals surface area contributed by atoms with Gasteiger partial charge in [-0.15, -0.1) is 6.58 Å². The largest absolute Gasteiger partial charge is 0.393 e. The van der Waals surface area contributed by atoms with Crippen LogP contribution in [0.3, 0.4) is 0 Å². The fraction of sp³-hybridized carbons (Fsp3) is 0.625. The van der Waals surface area contributed by atoms with Crippen LogP contribution in [-0.2, 0) is 4.79 Å². The predicted octanol–water partition coefficient (Wildman–Crippen LogP) is 0.450. The van der Waals surface area contributed by atoms with Crippen molar-refractivity contribution in [2.45, 2.75) is 25.9 Å². The zero-order valence-corrected chi connectivity index (χ0v) is 6.84. The Labute approximate surface area is 67.1 Å². The second-order valence-corrected chi connectivity index (χ2v) is 2.36. The highest BCUT2D eigenvalue weighted by atomic mass is 16.3. The van der Waals surface area contributed by atoms with Crippen molar-refractivity contribution in [3.05, 3.63) is 12.7 Å². The summed E-state index contributed by atoms with van der Waals surface area (Å²) in [4.78, 5) is 10.9. The normalized spacial score (nSPS) is 12.2. The third-order valence-corrected chi connectivity index (χ3v) is 1.34. The molecule has 0 aliphatic heterocycles. The SMILES string of the molecule is C=CCNC(=O)C[C@H](O)CC. The zero-order valence-electron chi connectivity index (χ0n) is 6.84. The number of aliphatic hydroxyl groups excluding tert-OH is 1. The standard InChI is InChI=1S/C8H15NO2/c1-3-5-9-8(11)6-7(10)4-2/h3,7,10H,1,4-6H2,2H3,(H,9,11)/t7-/m1/s1. The van der Waals surface area contributed by atoms with E-state index >= 15 is 0 Å². The summed E-state index contributed by atoms with van der Waals surface area (Å²) in [6.45, 7) is 5.76. The predicted molar refractivity (Wildman–Crippen MR) is 44.1 cm³/mol. The molecule has 0 aliphatic rings. The summed E-state index contributed by atoms with van der Waals surface area (Å²) in [5.41, 5.74) is 0. The summed E-state index contributed by atoms with van der Waals surface area (Å²) >= 11 is 0. The van der Waals surface area contributed by atoms with E-state index < -0.39 is 6.10 Å². The van der Waals surface area contributed by atoms with Gasteiger partial charge in [0.25, 0.3) is 0 Å². The number of nitrogens with one attached hydrogen (secondary N) is 1. The molecule has 0 aliphatic carbocycles. The van der Waals surface area contributed by atoms with Crippen LogP contribution in [-0.4, -0.2) is 23.7 Å². The number of hydrogen-bond acceptors (Lipinski definition) is 2. The van der Waals surface area contributed by atoms with Crippen molar-refractivity contribution >= 4 is 5.91 Å². The minimum atomic E-state index is -0.514. The maximum Gasteiger partial charge on any atom is 0.222 e. The number of carbonyl (C=O) groups excluding carboxylic acids is 1. The second-order valence-electron chi connectivity index (χ2n) is 2.36. The fourth-order valence-corrected chi connectivity index (χ4v) is 0.617. The van der Waals surface area contributed by atoms with E-state index in [1.54, 1.807) is 6.08 Å². The lowest BCUT2D eigenvalue weighted by Gasteiger charge is -2.06. The first-order valence-corrected chi connectivity index (χ1v) is 3.76. The smallest absolute Gasteiger partial charge is 0.222 e. The Hall–Kier alpha value is -0.830. The molecule has 11 heavy (non-hydrogen) atoms. The van der Waals surface area contributed by atoms with E-state index in [0.717, 1.165) is 0 Å². The molecule has 0 aromatic heterocycles. The molecule has 3 heteroatoms. The van der Waals surface area contributed by atoms with Crippen LogP contribution in [0, 0.1) is 0 Å². The topological polar surface area (TPSA) is 49.3 Å². The van der Waals surface area contributed by atoms with Gasteiger partial charge in [0.1, 0.15) is 0 Å². The maximum absolute atomic E-state index is 10.9. The zero-order chi connectivity index (χ0) is 8.69. The molecule has 0 aromatic rings. The van der Waals surface area contributed by atoms with Crippen LogP contribution in [0.2, 0.25) is 0 Å². The lowest BCUT2D eigenvalue weighted by atomic mass is 10.2. The number of aliphatic hydroxyl groups is 1. The Kier molecular flexibility index (Phi) is 5.47. The number of amides is 1. The van der Waals surface area contributed by atoms with Gasteiger partial charge in [0.05, 0.1) is 12.5 Å². The van der Waals surface area contributed by atoms with Gasteiger partial charge < -0.3 is 10.4 Å². The van der Waals surface area contributed by atoms with E-state index in [9.17, 15) is 4.79 Å². The fourth-order valence-electron chi connectivity index (χ4n) is 0.617. The first-order valence-electron chi connectivity index (χ1n) is 3.76. The van der Waals surface area contributed by atoms with Crippen LogP contribution < -0.4 is 5.32 Å². The third kappa shape index (κ3) is 5.61. The Balaban J connectivity index is 3.43. The van der Waals surface area contributed by atoms with Crippen molar-refractivity contribution in [2.24, 2.45) is 0 Å². The molecule has 0 unspecified atom stereocenters. The van der Waals surface area contributed by atoms with Crippen molar-refractivity contribution < 1.29 is 9.90 Å². The van der Waals surface area contributed by atoms with Crippen molar-refractivity contribution in [3.8, 4) is 0 Å². The second kappa shape index (κ2) is 5.92. The molecule has 0 rings (SSSR count). The Morgan fingerprint density at radius 1 is 1.82 bits per heavy atom. The average molecular weight is 157 g/mol. The van der Waals surface area contributed by atoms with Gasteiger partial charge in [0, 0.05) is 6.54 Å². The average Bonchev–Trinajstić information content (AvgIpc) is 2.00. The van der Waals surface area contributed by atoms with E-state index in [1.807, 2.05) is 6.92 Å². The molecular weight excluding hydrogens is 142 g/mol. The Bertz CT molecular complexity index is 134. The molecule has 1 amide bonds. The van der Waals surface area contributed by atoms with Gasteiger partial charge in [-0.1, -0.05) is 13.0 Å². The first-order chi connectivity index (χ1) is 5.20. The minimum Gasteiger partial charge on any atom is -0.393 e. The molecule has 0 radical (unpaired) electrons. The van der Waals surface area contributed by atoms with Gasteiger partial charge in [-0.25, -0.2) is 0 Å². The lowest BCUT2D eigenvalue weighted by Crippen LogP contribution is -2.27. The molecule has 0 heterocycles. The highest BCUT2D eigenvalue weighted by molar-refractivity contribution is 5.76. The van der Waals surface area contributed by atoms with Gasteiger partial charge in [0.15, 0.2) is 0 Å². The summed E-state index contributed by atoms with van der Waals surface area (Å²) in [7, 11) is 0. The Morgan fingerprint density at radius 3 is 2.91 bits per heavy atom. The molecule has 3 nitrogen and oxygen atoms in total. The van der Waals surface area contributed by atoms with Gasteiger partial charge in [0.2, 0.25) is 5.91 Å². The molecule has 64 valence electrons.